The predicted molar refractivity (Wildman–Crippen MR) is 102 cm³/mol. The summed E-state index contributed by atoms with van der Waals surface area (Å²) < 4.78 is 6.88. The zero-order chi connectivity index (χ0) is 17.1. The summed E-state index contributed by atoms with van der Waals surface area (Å²) >= 11 is 0. The number of imidazole rings is 1. The standard InChI is InChI=1S/C22H20N3/c1-15-8-6-11-18-17-10-4-5-12-19(17)25-14-20(23(3)22(25)21(15)18)24-13-7-9-16(24)2/h4-14H,1-3H3/q+1. The van der Waals surface area contributed by atoms with Crippen LogP contribution in [0.1, 0.15) is 11.3 Å². The zero-order valence-corrected chi connectivity index (χ0v) is 14.7. The Labute approximate surface area is 146 Å². The second-order valence-electron chi connectivity index (χ2n) is 6.77. The van der Waals surface area contributed by atoms with E-state index in [1.165, 1.54) is 44.4 Å². The van der Waals surface area contributed by atoms with Crippen molar-refractivity contribution in [1.29, 1.82) is 0 Å². The molecule has 0 aliphatic carbocycles. The maximum absolute atomic E-state index is 2.33. The average Bonchev–Trinajstić information content (AvgIpc) is 3.19. The van der Waals surface area contributed by atoms with Gasteiger partial charge < -0.3 is 0 Å². The molecule has 5 aromatic rings. The van der Waals surface area contributed by atoms with Crippen molar-refractivity contribution in [3.63, 3.8) is 0 Å². The van der Waals surface area contributed by atoms with E-state index in [-0.39, 0.29) is 0 Å². The molecule has 0 saturated heterocycles. The molecule has 0 aliphatic rings. The average molecular weight is 326 g/mol. The summed E-state index contributed by atoms with van der Waals surface area (Å²) in [7, 11) is 2.16. The Kier molecular flexibility index (Phi) is 2.84. The van der Waals surface area contributed by atoms with Crippen molar-refractivity contribution in [2.45, 2.75) is 13.8 Å². The number of nitrogens with zero attached hydrogens (tertiary/aromatic N) is 3. The third-order valence-corrected chi connectivity index (χ3v) is 5.28. The fourth-order valence-electron chi connectivity index (χ4n) is 4.05. The summed E-state index contributed by atoms with van der Waals surface area (Å²) in [5.74, 6) is 1.17. The van der Waals surface area contributed by atoms with E-state index in [9.17, 15) is 0 Å². The molecule has 0 unspecified atom stereocenters. The summed E-state index contributed by atoms with van der Waals surface area (Å²) in [6.07, 6.45) is 4.37. The SMILES string of the molecule is Cc1cccc2c3ccccc3n3cc(-n4cccc4C)[n+](C)c3c12. The van der Waals surface area contributed by atoms with Gasteiger partial charge in [-0.15, -0.1) is 0 Å². The van der Waals surface area contributed by atoms with Crippen molar-refractivity contribution in [2.75, 3.05) is 0 Å². The van der Waals surface area contributed by atoms with Crippen LogP contribution >= 0.6 is 0 Å². The van der Waals surface area contributed by atoms with Crippen LogP contribution in [0, 0.1) is 13.8 Å². The van der Waals surface area contributed by atoms with Gasteiger partial charge in [0.15, 0.2) is 0 Å². The number of aromatic nitrogens is 3. The lowest BCUT2D eigenvalue weighted by Gasteiger charge is -2.08. The van der Waals surface area contributed by atoms with Gasteiger partial charge in [0.05, 0.1) is 24.3 Å². The number of hydrogen-bond donors (Lipinski definition) is 0. The van der Waals surface area contributed by atoms with Gasteiger partial charge in [-0.3, -0.25) is 0 Å². The number of para-hydroxylation sites is 1. The number of fused-ring (bicyclic) bond motifs is 6. The first-order valence-electron chi connectivity index (χ1n) is 8.62. The molecule has 3 nitrogen and oxygen atoms in total. The van der Waals surface area contributed by atoms with Crippen molar-refractivity contribution < 1.29 is 4.57 Å². The van der Waals surface area contributed by atoms with Gasteiger partial charge in [0.1, 0.15) is 11.7 Å². The van der Waals surface area contributed by atoms with Crippen molar-refractivity contribution in [2.24, 2.45) is 7.05 Å². The van der Waals surface area contributed by atoms with Crippen molar-refractivity contribution in [3.8, 4) is 5.82 Å². The first kappa shape index (κ1) is 14.3. The summed E-state index contributed by atoms with van der Waals surface area (Å²) in [5, 5.41) is 3.92. The Morgan fingerprint density at radius 3 is 2.44 bits per heavy atom. The van der Waals surface area contributed by atoms with Gasteiger partial charge in [-0.1, -0.05) is 36.4 Å². The van der Waals surface area contributed by atoms with E-state index in [2.05, 4.69) is 101 Å². The largest absolute Gasteiger partial charge is 0.265 e. The molecular weight excluding hydrogens is 306 g/mol. The summed E-state index contributed by atoms with van der Waals surface area (Å²) in [5.41, 5.74) is 5.01. The Hall–Kier alpha value is -3.07. The Bertz CT molecular complexity index is 1270. The summed E-state index contributed by atoms with van der Waals surface area (Å²) in [6, 6.07) is 19.5. The molecule has 0 fully saturated rings. The third kappa shape index (κ3) is 1.84. The summed E-state index contributed by atoms with van der Waals surface area (Å²) in [4.78, 5) is 0. The molecule has 25 heavy (non-hydrogen) atoms. The smallest absolute Gasteiger partial charge is 0.235 e. The maximum atomic E-state index is 2.33. The molecule has 0 amide bonds. The van der Waals surface area contributed by atoms with E-state index in [0.717, 1.165) is 0 Å². The highest BCUT2D eigenvalue weighted by Crippen LogP contribution is 2.31. The van der Waals surface area contributed by atoms with Crippen molar-refractivity contribution in [3.05, 3.63) is 78.2 Å². The lowest BCUT2D eigenvalue weighted by molar-refractivity contribution is -0.637. The van der Waals surface area contributed by atoms with Gasteiger partial charge in [-0.25, -0.2) is 13.5 Å². The minimum Gasteiger partial charge on any atom is -0.235 e. The first-order valence-corrected chi connectivity index (χ1v) is 8.62. The number of pyridine rings is 1. The van der Waals surface area contributed by atoms with Crippen LogP contribution in [-0.4, -0.2) is 8.97 Å². The molecule has 0 aliphatic heterocycles. The van der Waals surface area contributed by atoms with Crippen LogP contribution in [0.15, 0.2) is 67.0 Å². The highest BCUT2D eigenvalue weighted by atomic mass is 15.2. The molecule has 0 saturated carbocycles. The molecule has 0 bridgehead atoms. The summed E-state index contributed by atoms with van der Waals surface area (Å²) in [6.45, 7) is 4.34. The monoisotopic (exact) mass is 326 g/mol. The van der Waals surface area contributed by atoms with E-state index in [0.29, 0.717) is 0 Å². The number of rotatable bonds is 1. The predicted octanol–water partition coefficient (Wildman–Crippen LogP) is 4.48. The molecule has 3 heteroatoms. The molecule has 0 radical (unpaired) electrons. The first-order chi connectivity index (χ1) is 12.2. The minimum atomic E-state index is 1.17. The minimum absolute atomic E-state index is 1.17. The zero-order valence-electron chi connectivity index (χ0n) is 14.7. The Morgan fingerprint density at radius 2 is 1.64 bits per heavy atom. The second kappa shape index (κ2) is 4.96. The lowest BCUT2D eigenvalue weighted by Crippen LogP contribution is -2.32. The van der Waals surface area contributed by atoms with Gasteiger partial charge in [0.2, 0.25) is 5.65 Å². The van der Waals surface area contributed by atoms with Crippen LogP contribution in [0.4, 0.5) is 0 Å². The van der Waals surface area contributed by atoms with Gasteiger partial charge in [-0.05, 0) is 43.0 Å². The lowest BCUT2D eigenvalue weighted by atomic mass is 10.0. The topological polar surface area (TPSA) is 13.2 Å². The molecule has 0 N–H and O–H groups in total. The van der Waals surface area contributed by atoms with Gasteiger partial charge >= 0.3 is 0 Å². The quantitative estimate of drug-likeness (QED) is 0.318. The number of benzene rings is 2. The van der Waals surface area contributed by atoms with E-state index >= 15 is 0 Å². The van der Waals surface area contributed by atoms with Crippen LogP contribution in [-0.2, 0) is 7.05 Å². The van der Waals surface area contributed by atoms with Crippen molar-refractivity contribution >= 4 is 27.3 Å². The maximum Gasteiger partial charge on any atom is 0.265 e. The van der Waals surface area contributed by atoms with Crippen LogP contribution < -0.4 is 4.57 Å². The fraction of sp³-hybridized carbons (Fsp3) is 0.136. The van der Waals surface area contributed by atoms with Crippen LogP contribution in [0.5, 0.6) is 0 Å². The molecule has 0 spiro atoms. The van der Waals surface area contributed by atoms with Crippen LogP contribution in [0.2, 0.25) is 0 Å². The fourth-order valence-corrected chi connectivity index (χ4v) is 4.05. The van der Waals surface area contributed by atoms with E-state index in [4.69, 9.17) is 0 Å². The van der Waals surface area contributed by atoms with Gasteiger partial charge in [-0.2, -0.15) is 0 Å². The molecule has 2 aromatic carbocycles. The Morgan fingerprint density at radius 1 is 0.840 bits per heavy atom. The molecule has 122 valence electrons. The van der Waals surface area contributed by atoms with Gasteiger partial charge in [0, 0.05) is 5.39 Å². The van der Waals surface area contributed by atoms with E-state index < -0.39 is 0 Å². The van der Waals surface area contributed by atoms with Gasteiger partial charge in [0.25, 0.3) is 5.82 Å². The third-order valence-electron chi connectivity index (χ3n) is 5.28. The van der Waals surface area contributed by atoms with E-state index in [1.807, 2.05) is 0 Å². The molecule has 0 atom stereocenters. The molecular formula is C22H20N3+. The highest BCUT2D eigenvalue weighted by molar-refractivity contribution is 6.12. The van der Waals surface area contributed by atoms with Crippen LogP contribution in [0.25, 0.3) is 33.1 Å². The highest BCUT2D eigenvalue weighted by Gasteiger charge is 2.22. The van der Waals surface area contributed by atoms with Crippen molar-refractivity contribution in [1.82, 2.24) is 8.97 Å². The second-order valence-corrected chi connectivity index (χ2v) is 6.77. The molecule has 5 rings (SSSR count). The molecule has 3 heterocycles. The number of hydrogen-bond acceptors (Lipinski definition) is 0. The van der Waals surface area contributed by atoms with Crippen LogP contribution in [0.3, 0.4) is 0 Å². The van der Waals surface area contributed by atoms with E-state index in [1.54, 1.807) is 0 Å². The normalized spacial score (nSPS) is 11.8. The number of aryl methyl sites for hydroxylation is 3. The Balaban J connectivity index is 2.09. The molecule has 3 aromatic heterocycles.